The predicted octanol–water partition coefficient (Wildman–Crippen LogP) is -0.427. The Morgan fingerprint density at radius 3 is 2.86 bits per heavy atom. The van der Waals surface area contributed by atoms with Crippen LogP contribution >= 0.6 is 0 Å². The molecule has 1 heterocycles. The first kappa shape index (κ1) is 11.0. The molecule has 0 radical (unpaired) electrons. The van der Waals surface area contributed by atoms with Gasteiger partial charge >= 0.3 is 0 Å². The minimum absolute atomic E-state index is 0.336. The van der Waals surface area contributed by atoms with Gasteiger partial charge in [-0.2, -0.15) is 0 Å². The normalized spacial score (nSPS) is 12.7. The molecule has 0 saturated heterocycles. The number of rotatable bonds is 6. The highest BCUT2D eigenvalue weighted by Gasteiger charge is 2.02. The molecule has 1 aromatic rings. The van der Waals surface area contributed by atoms with Gasteiger partial charge < -0.3 is 15.2 Å². The fourth-order valence-corrected chi connectivity index (χ4v) is 1.02. The second kappa shape index (κ2) is 6.42. The van der Waals surface area contributed by atoms with Crippen molar-refractivity contribution in [2.75, 3.05) is 20.3 Å². The highest BCUT2D eigenvalue weighted by molar-refractivity contribution is 4.87. The van der Waals surface area contributed by atoms with Gasteiger partial charge in [-0.3, -0.25) is 0 Å². The van der Waals surface area contributed by atoms with Gasteiger partial charge in [-0.1, -0.05) is 0 Å². The molecule has 0 bridgehead atoms. The van der Waals surface area contributed by atoms with Gasteiger partial charge in [0.05, 0.1) is 19.3 Å². The molecule has 78 valence electrons. The zero-order valence-electron chi connectivity index (χ0n) is 8.18. The van der Waals surface area contributed by atoms with Gasteiger partial charge in [0.25, 0.3) is 0 Å². The lowest BCUT2D eigenvalue weighted by atomic mass is 10.4. The van der Waals surface area contributed by atoms with Crippen molar-refractivity contribution in [1.82, 2.24) is 15.3 Å². The van der Waals surface area contributed by atoms with E-state index in [0.29, 0.717) is 19.7 Å². The summed E-state index contributed by atoms with van der Waals surface area (Å²) in [4.78, 5) is 8.07. The summed E-state index contributed by atoms with van der Waals surface area (Å²) in [5, 5.41) is 12.3. The average molecular weight is 197 g/mol. The Morgan fingerprint density at radius 2 is 2.21 bits per heavy atom. The van der Waals surface area contributed by atoms with Crippen molar-refractivity contribution >= 4 is 0 Å². The Balaban J connectivity index is 2.16. The van der Waals surface area contributed by atoms with Crippen molar-refractivity contribution in [3.8, 4) is 0 Å². The van der Waals surface area contributed by atoms with E-state index in [1.807, 2.05) is 0 Å². The summed E-state index contributed by atoms with van der Waals surface area (Å²) in [6, 6.07) is 1.77. The van der Waals surface area contributed by atoms with Crippen molar-refractivity contribution in [2.24, 2.45) is 0 Å². The van der Waals surface area contributed by atoms with E-state index in [9.17, 15) is 5.11 Å². The van der Waals surface area contributed by atoms with E-state index in [-0.39, 0.29) is 0 Å². The molecule has 5 nitrogen and oxygen atoms in total. The zero-order chi connectivity index (χ0) is 10.2. The van der Waals surface area contributed by atoms with E-state index >= 15 is 0 Å². The second-order valence-electron chi connectivity index (χ2n) is 2.91. The van der Waals surface area contributed by atoms with Crippen molar-refractivity contribution in [3.63, 3.8) is 0 Å². The maximum absolute atomic E-state index is 9.30. The van der Waals surface area contributed by atoms with Crippen molar-refractivity contribution in [3.05, 3.63) is 24.3 Å². The predicted molar refractivity (Wildman–Crippen MR) is 51.6 cm³/mol. The quantitative estimate of drug-likeness (QED) is 0.648. The van der Waals surface area contributed by atoms with Gasteiger partial charge in [-0.15, -0.1) is 0 Å². The largest absolute Gasteiger partial charge is 0.389 e. The van der Waals surface area contributed by atoms with Crippen LogP contribution in [0.2, 0.25) is 0 Å². The molecule has 0 fully saturated rings. The minimum Gasteiger partial charge on any atom is -0.389 e. The number of aliphatic hydroxyl groups excluding tert-OH is 1. The second-order valence-corrected chi connectivity index (χ2v) is 2.91. The van der Waals surface area contributed by atoms with Gasteiger partial charge in [0.1, 0.15) is 5.82 Å². The molecule has 0 aliphatic carbocycles. The summed E-state index contributed by atoms with van der Waals surface area (Å²) >= 11 is 0. The molecule has 0 aliphatic rings. The lowest BCUT2D eigenvalue weighted by Crippen LogP contribution is -2.30. The first-order chi connectivity index (χ1) is 6.83. The van der Waals surface area contributed by atoms with E-state index in [1.54, 1.807) is 25.6 Å². The maximum atomic E-state index is 9.30. The molecule has 5 heteroatoms. The first-order valence-corrected chi connectivity index (χ1v) is 4.46. The fourth-order valence-electron chi connectivity index (χ4n) is 1.02. The van der Waals surface area contributed by atoms with Crippen LogP contribution in [0.4, 0.5) is 0 Å². The van der Waals surface area contributed by atoms with E-state index in [1.165, 1.54) is 0 Å². The molecule has 0 saturated carbocycles. The molecule has 1 unspecified atom stereocenters. The Kier molecular flexibility index (Phi) is 5.06. The van der Waals surface area contributed by atoms with Crippen molar-refractivity contribution < 1.29 is 9.84 Å². The average Bonchev–Trinajstić information content (AvgIpc) is 2.20. The zero-order valence-corrected chi connectivity index (χ0v) is 8.18. The lowest BCUT2D eigenvalue weighted by Gasteiger charge is -2.09. The summed E-state index contributed by atoms with van der Waals surface area (Å²) in [7, 11) is 1.56. The number of nitrogens with one attached hydrogen (secondary N) is 1. The van der Waals surface area contributed by atoms with Crippen LogP contribution in [0.1, 0.15) is 5.82 Å². The molecule has 0 amide bonds. The molecule has 0 spiro atoms. The lowest BCUT2D eigenvalue weighted by molar-refractivity contribution is 0.0643. The van der Waals surface area contributed by atoms with Gasteiger partial charge in [0.15, 0.2) is 0 Å². The highest BCUT2D eigenvalue weighted by atomic mass is 16.5. The molecule has 1 rings (SSSR count). The Morgan fingerprint density at radius 1 is 1.50 bits per heavy atom. The Bertz CT molecular complexity index is 243. The summed E-state index contributed by atoms with van der Waals surface area (Å²) in [5.41, 5.74) is 0. The molecule has 14 heavy (non-hydrogen) atoms. The number of aliphatic hydroxyl groups is 1. The van der Waals surface area contributed by atoms with E-state index in [2.05, 4.69) is 15.3 Å². The Labute approximate surface area is 83.2 Å². The van der Waals surface area contributed by atoms with Crippen LogP contribution in [-0.4, -0.2) is 41.4 Å². The maximum Gasteiger partial charge on any atom is 0.141 e. The number of ether oxygens (including phenoxy) is 1. The van der Waals surface area contributed by atoms with Gasteiger partial charge in [-0.25, -0.2) is 9.97 Å². The third kappa shape index (κ3) is 4.27. The van der Waals surface area contributed by atoms with Gasteiger partial charge in [0, 0.05) is 26.0 Å². The van der Waals surface area contributed by atoms with E-state index < -0.39 is 6.10 Å². The molecule has 1 atom stereocenters. The molecule has 0 aromatic carbocycles. The van der Waals surface area contributed by atoms with Crippen molar-refractivity contribution in [1.29, 1.82) is 0 Å². The van der Waals surface area contributed by atoms with Crippen LogP contribution < -0.4 is 5.32 Å². The monoisotopic (exact) mass is 197 g/mol. The minimum atomic E-state index is -0.483. The standard InChI is InChI=1S/C9H15N3O2/c1-14-7-8(13)5-10-6-9-11-3-2-4-12-9/h2-4,8,10,13H,5-7H2,1H3. The highest BCUT2D eigenvalue weighted by Crippen LogP contribution is 1.87. The smallest absolute Gasteiger partial charge is 0.141 e. The number of hydrogen-bond donors (Lipinski definition) is 2. The van der Waals surface area contributed by atoms with Crippen LogP contribution in [-0.2, 0) is 11.3 Å². The van der Waals surface area contributed by atoms with E-state index in [4.69, 9.17) is 4.74 Å². The van der Waals surface area contributed by atoms with Gasteiger partial charge in [-0.05, 0) is 6.07 Å². The van der Waals surface area contributed by atoms with E-state index in [0.717, 1.165) is 5.82 Å². The summed E-state index contributed by atoms with van der Waals surface area (Å²) in [6.07, 6.45) is 2.90. The third-order valence-electron chi connectivity index (χ3n) is 1.64. The number of nitrogens with zero attached hydrogens (tertiary/aromatic N) is 2. The molecular weight excluding hydrogens is 182 g/mol. The van der Waals surface area contributed by atoms with Crippen LogP contribution in [0.3, 0.4) is 0 Å². The number of aromatic nitrogens is 2. The Hall–Kier alpha value is -1.04. The van der Waals surface area contributed by atoms with Crippen LogP contribution in [0, 0.1) is 0 Å². The molecule has 1 aromatic heterocycles. The summed E-state index contributed by atoms with van der Waals surface area (Å²) in [5.74, 6) is 0.720. The summed E-state index contributed by atoms with van der Waals surface area (Å²) < 4.78 is 4.79. The molecule has 0 aliphatic heterocycles. The fraction of sp³-hybridized carbons (Fsp3) is 0.556. The first-order valence-electron chi connectivity index (χ1n) is 4.46. The number of hydrogen-bond acceptors (Lipinski definition) is 5. The number of methoxy groups -OCH3 is 1. The SMILES string of the molecule is COCC(O)CNCc1ncccn1. The van der Waals surface area contributed by atoms with Gasteiger partial charge in [0.2, 0.25) is 0 Å². The molecule has 2 N–H and O–H groups in total. The van der Waals surface area contributed by atoms with Crippen LogP contribution in [0.5, 0.6) is 0 Å². The van der Waals surface area contributed by atoms with Crippen LogP contribution in [0.15, 0.2) is 18.5 Å². The topological polar surface area (TPSA) is 67.3 Å². The summed E-state index contributed by atoms with van der Waals surface area (Å²) in [6.45, 7) is 1.37. The molecular formula is C9H15N3O2. The third-order valence-corrected chi connectivity index (χ3v) is 1.64. The van der Waals surface area contributed by atoms with Crippen molar-refractivity contribution in [2.45, 2.75) is 12.6 Å². The van der Waals surface area contributed by atoms with Crippen LogP contribution in [0.25, 0.3) is 0 Å².